The van der Waals surface area contributed by atoms with Crippen molar-refractivity contribution in [2.75, 3.05) is 30.3 Å². The van der Waals surface area contributed by atoms with Crippen LogP contribution < -0.4 is 16.0 Å². The van der Waals surface area contributed by atoms with Crippen LogP contribution in [0.3, 0.4) is 0 Å². The van der Waals surface area contributed by atoms with Crippen molar-refractivity contribution in [1.82, 2.24) is 5.32 Å². The first-order valence-corrected chi connectivity index (χ1v) is 6.21. The van der Waals surface area contributed by atoms with E-state index in [2.05, 4.69) is 17.1 Å². The van der Waals surface area contributed by atoms with Crippen molar-refractivity contribution >= 4 is 11.4 Å². The van der Waals surface area contributed by atoms with E-state index in [0.29, 0.717) is 17.4 Å². The van der Waals surface area contributed by atoms with Crippen LogP contribution in [0, 0.1) is 5.82 Å². The molecular formula is C13H22FN3. The van der Waals surface area contributed by atoms with Gasteiger partial charge in [-0.1, -0.05) is 13.8 Å². The van der Waals surface area contributed by atoms with Crippen molar-refractivity contribution in [3.05, 3.63) is 24.0 Å². The van der Waals surface area contributed by atoms with E-state index in [0.717, 1.165) is 19.6 Å². The van der Waals surface area contributed by atoms with Crippen LogP contribution in [0.25, 0.3) is 0 Å². The zero-order valence-electron chi connectivity index (χ0n) is 10.8. The molecule has 1 atom stereocenters. The minimum atomic E-state index is -0.233. The number of anilines is 2. The van der Waals surface area contributed by atoms with Gasteiger partial charge in [-0.15, -0.1) is 0 Å². The zero-order chi connectivity index (χ0) is 12.8. The topological polar surface area (TPSA) is 41.3 Å². The summed E-state index contributed by atoms with van der Waals surface area (Å²) in [5.41, 5.74) is 6.64. The maximum absolute atomic E-state index is 13.7. The fourth-order valence-corrected chi connectivity index (χ4v) is 1.96. The normalized spacial score (nSPS) is 19.5. The van der Waals surface area contributed by atoms with Crippen molar-refractivity contribution in [3.8, 4) is 0 Å². The summed E-state index contributed by atoms with van der Waals surface area (Å²) in [7, 11) is 0. The molecule has 4 heteroatoms. The average molecular weight is 239 g/mol. The summed E-state index contributed by atoms with van der Waals surface area (Å²) in [6, 6.07) is 5.20. The Kier molecular flexibility index (Phi) is 5.22. The molecule has 1 aliphatic rings. The molecule has 1 unspecified atom stereocenters. The summed E-state index contributed by atoms with van der Waals surface area (Å²) in [4.78, 5) is 2.07. The van der Waals surface area contributed by atoms with Gasteiger partial charge in [-0.25, -0.2) is 4.39 Å². The summed E-state index contributed by atoms with van der Waals surface area (Å²) in [5.74, 6) is -0.233. The molecule has 0 amide bonds. The minimum Gasteiger partial charge on any atom is -0.399 e. The van der Waals surface area contributed by atoms with Crippen molar-refractivity contribution in [2.24, 2.45) is 0 Å². The van der Waals surface area contributed by atoms with E-state index >= 15 is 0 Å². The van der Waals surface area contributed by atoms with Crippen LogP contribution in [-0.4, -0.2) is 25.7 Å². The van der Waals surface area contributed by atoms with E-state index in [9.17, 15) is 4.39 Å². The Hall–Kier alpha value is -1.29. The molecule has 2 rings (SSSR count). The van der Waals surface area contributed by atoms with Crippen molar-refractivity contribution in [3.63, 3.8) is 0 Å². The number of nitrogen functional groups attached to an aromatic ring is 1. The van der Waals surface area contributed by atoms with Crippen molar-refractivity contribution < 1.29 is 4.39 Å². The van der Waals surface area contributed by atoms with Crippen LogP contribution in [0.5, 0.6) is 0 Å². The number of piperazine rings is 1. The van der Waals surface area contributed by atoms with Gasteiger partial charge in [0.15, 0.2) is 0 Å². The highest BCUT2D eigenvalue weighted by atomic mass is 19.1. The molecule has 1 aromatic rings. The first kappa shape index (κ1) is 13.8. The number of nitrogens with two attached hydrogens (primary N) is 1. The summed E-state index contributed by atoms with van der Waals surface area (Å²) in [6.07, 6.45) is 0. The number of hydrogen-bond acceptors (Lipinski definition) is 3. The fraction of sp³-hybridized carbons (Fsp3) is 0.538. The minimum absolute atomic E-state index is 0.233. The first-order valence-electron chi connectivity index (χ1n) is 6.21. The van der Waals surface area contributed by atoms with Gasteiger partial charge in [-0.05, 0) is 25.1 Å². The van der Waals surface area contributed by atoms with Crippen LogP contribution in [0.4, 0.5) is 15.8 Å². The van der Waals surface area contributed by atoms with Gasteiger partial charge >= 0.3 is 0 Å². The highest BCUT2D eigenvalue weighted by Gasteiger charge is 2.20. The number of nitrogens with zero attached hydrogens (tertiary/aromatic N) is 1. The Morgan fingerprint density at radius 2 is 2.12 bits per heavy atom. The highest BCUT2D eigenvalue weighted by molar-refractivity contribution is 5.55. The molecule has 0 aromatic heterocycles. The molecule has 1 heterocycles. The van der Waals surface area contributed by atoms with E-state index in [1.54, 1.807) is 12.1 Å². The van der Waals surface area contributed by atoms with E-state index in [-0.39, 0.29) is 5.82 Å². The molecule has 0 radical (unpaired) electrons. The Bertz CT molecular complexity index is 355. The molecule has 0 saturated carbocycles. The standard InChI is InChI=1S/C11H16FN3.C2H6/c1-8-7-14-4-5-15(8)11-3-2-9(13)6-10(11)12;1-2/h2-3,6,8,14H,4-5,7,13H2,1H3;1-2H3. The molecule has 0 aliphatic carbocycles. The highest BCUT2D eigenvalue weighted by Crippen LogP contribution is 2.23. The lowest BCUT2D eigenvalue weighted by Gasteiger charge is -2.36. The number of hydrogen-bond donors (Lipinski definition) is 2. The number of rotatable bonds is 1. The third-order valence-electron chi connectivity index (χ3n) is 2.78. The Labute approximate surface area is 103 Å². The third-order valence-corrected chi connectivity index (χ3v) is 2.78. The van der Waals surface area contributed by atoms with Crippen LogP contribution >= 0.6 is 0 Å². The van der Waals surface area contributed by atoms with Gasteiger partial charge in [0.05, 0.1) is 5.69 Å². The molecule has 96 valence electrons. The second-order valence-corrected chi connectivity index (χ2v) is 3.96. The second-order valence-electron chi connectivity index (χ2n) is 3.96. The number of halogens is 1. The lowest BCUT2D eigenvalue weighted by atomic mass is 10.1. The summed E-state index contributed by atoms with van der Waals surface area (Å²) in [6.45, 7) is 8.71. The molecular weight excluding hydrogens is 217 g/mol. The van der Waals surface area contributed by atoms with Gasteiger partial charge in [0.2, 0.25) is 0 Å². The lowest BCUT2D eigenvalue weighted by molar-refractivity contribution is 0.491. The SMILES string of the molecule is CC.CC1CNCCN1c1ccc(N)cc1F. The average Bonchev–Trinajstić information content (AvgIpc) is 2.33. The van der Waals surface area contributed by atoms with Gasteiger partial charge in [0.25, 0.3) is 0 Å². The smallest absolute Gasteiger partial charge is 0.148 e. The largest absolute Gasteiger partial charge is 0.399 e. The fourth-order valence-electron chi connectivity index (χ4n) is 1.96. The number of benzene rings is 1. The van der Waals surface area contributed by atoms with Gasteiger partial charge in [0.1, 0.15) is 5.82 Å². The second kappa shape index (κ2) is 6.45. The van der Waals surface area contributed by atoms with Crippen molar-refractivity contribution in [2.45, 2.75) is 26.8 Å². The van der Waals surface area contributed by atoms with Gasteiger partial charge in [-0.2, -0.15) is 0 Å². The molecule has 1 aliphatic heterocycles. The lowest BCUT2D eigenvalue weighted by Crippen LogP contribution is -2.50. The Morgan fingerprint density at radius 1 is 1.41 bits per heavy atom. The summed E-state index contributed by atoms with van der Waals surface area (Å²) < 4.78 is 13.7. The maximum atomic E-state index is 13.7. The monoisotopic (exact) mass is 239 g/mol. The van der Waals surface area contributed by atoms with Crippen LogP contribution in [0.15, 0.2) is 18.2 Å². The third kappa shape index (κ3) is 3.33. The zero-order valence-corrected chi connectivity index (χ0v) is 10.8. The Morgan fingerprint density at radius 3 is 2.71 bits per heavy atom. The van der Waals surface area contributed by atoms with E-state index in [1.807, 2.05) is 13.8 Å². The molecule has 0 bridgehead atoms. The predicted octanol–water partition coefficient (Wildman–Crippen LogP) is 2.23. The van der Waals surface area contributed by atoms with E-state index in [4.69, 9.17) is 5.73 Å². The van der Waals surface area contributed by atoms with Crippen LogP contribution in [-0.2, 0) is 0 Å². The Balaban J connectivity index is 0.000000686. The quantitative estimate of drug-likeness (QED) is 0.738. The van der Waals surface area contributed by atoms with E-state index < -0.39 is 0 Å². The molecule has 17 heavy (non-hydrogen) atoms. The predicted molar refractivity (Wildman–Crippen MR) is 71.8 cm³/mol. The van der Waals surface area contributed by atoms with Gasteiger partial charge in [0, 0.05) is 31.4 Å². The van der Waals surface area contributed by atoms with Crippen LogP contribution in [0.2, 0.25) is 0 Å². The molecule has 3 nitrogen and oxygen atoms in total. The maximum Gasteiger partial charge on any atom is 0.148 e. The summed E-state index contributed by atoms with van der Waals surface area (Å²) in [5, 5.41) is 3.28. The van der Waals surface area contributed by atoms with Crippen LogP contribution in [0.1, 0.15) is 20.8 Å². The van der Waals surface area contributed by atoms with Gasteiger partial charge < -0.3 is 16.0 Å². The number of nitrogens with one attached hydrogen (secondary N) is 1. The first-order chi connectivity index (χ1) is 8.18. The molecule has 0 spiro atoms. The van der Waals surface area contributed by atoms with Gasteiger partial charge in [-0.3, -0.25) is 0 Å². The van der Waals surface area contributed by atoms with Crippen molar-refractivity contribution in [1.29, 1.82) is 0 Å². The molecule has 1 aromatic carbocycles. The summed E-state index contributed by atoms with van der Waals surface area (Å²) >= 11 is 0. The molecule has 3 N–H and O–H groups in total. The molecule has 1 saturated heterocycles. The molecule has 1 fully saturated rings. The van der Waals surface area contributed by atoms with E-state index in [1.165, 1.54) is 6.07 Å².